The first-order valence-corrected chi connectivity index (χ1v) is 10.3. The van der Waals surface area contributed by atoms with E-state index < -0.39 is 0 Å². The number of hydrogen-bond acceptors (Lipinski definition) is 4. The van der Waals surface area contributed by atoms with E-state index in [9.17, 15) is 9.59 Å². The van der Waals surface area contributed by atoms with Gasteiger partial charge in [0.05, 0.1) is 13.0 Å². The molecule has 1 fully saturated rings. The van der Waals surface area contributed by atoms with Crippen LogP contribution in [0, 0.1) is 0 Å². The molecule has 1 saturated heterocycles. The molecular weight excluding hydrogens is 404 g/mol. The number of piperazine rings is 1. The second kappa shape index (κ2) is 11.0. The molecule has 8 heteroatoms. The van der Waals surface area contributed by atoms with E-state index in [4.69, 9.17) is 16.3 Å². The van der Waals surface area contributed by atoms with E-state index >= 15 is 0 Å². The zero-order chi connectivity index (χ0) is 21.3. The number of benzene rings is 2. The van der Waals surface area contributed by atoms with Gasteiger partial charge in [-0.05, 0) is 35.4 Å². The summed E-state index contributed by atoms with van der Waals surface area (Å²) in [7, 11) is 1.66. The van der Waals surface area contributed by atoms with Crippen LogP contribution in [-0.4, -0.2) is 56.2 Å². The second-order valence-corrected chi connectivity index (χ2v) is 7.69. The Balaban J connectivity index is 1.45. The van der Waals surface area contributed by atoms with E-state index in [2.05, 4.69) is 16.0 Å². The van der Waals surface area contributed by atoms with Gasteiger partial charge in [0.15, 0.2) is 0 Å². The monoisotopic (exact) mass is 430 g/mol. The summed E-state index contributed by atoms with van der Waals surface area (Å²) in [5.41, 5.74) is 2.54. The van der Waals surface area contributed by atoms with Gasteiger partial charge in [0.1, 0.15) is 0 Å². The van der Waals surface area contributed by atoms with E-state index in [-0.39, 0.29) is 18.0 Å². The van der Waals surface area contributed by atoms with Crippen molar-refractivity contribution in [1.29, 1.82) is 0 Å². The normalized spacial score (nSPS) is 16.2. The summed E-state index contributed by atoms with van der Waals surface area (Å²) in [5, 5.41) is 9.60. The maximum atomic E-state index is 12.6. The average Bonchev–Trinajstić information content (AvgIpc) is 2.75. The third-order valence-electron chi connectivity index (χ3n) is 4.91. The number of rotatable bonds is 7. The number of carbonyl (C=O) groups excluding carboxylic acids is 2. The number of ether oxygens (including phenoxy) is 1. The average molecular weight is 431 g/mol. The minimum Gasteiger partial charge on any atom is -0.383 e. The summed E-state index contributed by atoms with van der Waals surface area (Å²) in [5.74, 6) is 0.0963. The molecule has 0 saturated carbocycles. The highest BCUT2D eigenvalue weighted by atomic mass is 35.5. The van der Waals surface area contributed by atoms with E-state index in [1.807, 2.05) is 29.2 Å². The highest BCUT2D eigenvalue weighted by molar-refractivity contribution is 6.30. The lowest BCUT2D eigenvalue weighted by Crippen LogP contribution is -2.54. The molecule has 1 unspecified atom stereocenters. The fourth-order valence-corrected chi connectivity index (χ4v) is 3.44. The van der Waals surface area contributed by atoms with Gasteiger partial charge in [-0.2, -0.15) is 0 Å². The molecule has 0 aliphatic carbocycles. The predicted octanol–water partition coefficient (Wildman–Crippen LogP) is 2.65. The molecule has 0 aromatic heterocycles. The summed E-state index contributed by atoms with van der Waals surface area (Å²) in [4.78, 5) is 26.5. The van der Waals surface area contributed by atoms with Crippen molar-refractivity contribution in [1.82, 2.24) is 15.5 Å². The van der Waals surface area contributed by atoms with Crippen molar-refractivity contribution >= 4 is 29.2 Å². The smallest absolute Gasteiger partial charge is 0.319 e. The SMILES string of the molecule is COCC1CN(C(=O)Cc2ccc(NC(=O)NCc3ccc(Cl)cc3)cc2)CCN1. The van der Waals surface area contributed by atoms with Gasteiger partial charge >= 0.3 is 6.03 Å². The van der Waals surface area contributed by atoms with Crippen molar-refractivity contribution in [2.75, 3.05) is 38.7 Å². The van der Waals surface area contributed by atoms with Crippen LogP contribution in [0.1, 0.15) is 11.1 Å². The molecule has 160 valence electrons. The van der Waals surface area contributed by atoms with E-state index in [0.29, 0.717) is 43.4 Å². The Kier molecular flexibility index (Phi) is 8.07. The first-order valence-electron chi connectivity index (χ1n) is 9.92. The minimum atomic E-state index is -0.293. The van der Waals surface area contributed by atoms with Gasteiger partial charge < -0.3 is 25.6 Å². The summed E-state index contributed by atoms with van der Waals surface area (Å²) >= 11 is 5.86. The first kappa shape index (κ1) is 22.1. The topological polar surface area (TPSA) is 82.7 Å². The van der Waals surface area contributed by atoms with Crippen molar-refractivity contribution < 1.29 is 14.3 Å². The largest absolute Gasteiger partial charge is 0.383 e. The van der Waals surface area contributed by atoms with Gasteiger partial charge in [-0.25, -0.2) is 4.79 Å². The third kappa shape index (κ3) is 6.73. The zero-order valence-corrected chi connectivity index (χ0v) is 17.7. The maximum Gasteiger partial charge on any atom is 0.319 e. The van der Waals surface area contributed by atoms with Gasteiger partial charge in [0.25, 0.3) is 0 Å². The Labute approximate surface area is 181 Å². The number of amides is 3. The highest BCUT2D eigenvalue weighted by Crippen LogP contribution is 2.13. The van der Waals surface area contributed by atoms with Crippen LogP contribution in [0.4, 0.5) is 10.5 Å². The molecule has 1 heterocycles. The number of nitrogens with zero attached hydrogens (tertiary/aromatic N) is 1. The lowest BCUT2D eigenvalue weighted by Gasteiger charge is -2.33. The van der Waals surface area contributed by atoms with Gasteiger partial charge in [-0.3, -0.25) is 4.79 Å². The molecule has 0 bridgehead atoms. The first-order chi connectivity index (χ1) is 14.5. The number of hydrogen-bond donors (Lipinski definition) is 3. The fraction of sp³-hybridized carbons (Fsp3) is 0.364. The number of methoxy groups -OCH3 is 1. The van der Waals surface area contributed by atoms with Crippen LogP contribution >= 0.6 is 11.6 Å². The van der Waals surface area contributed by atoms with Crippen molar-refractivity contribution in [3.63, 3.8) is 0 Å². The van der Waals surface area contributed by atoms with E-state index in [1.54, 1.807) is 31.4 Å². The van der Waals surface area contributed by atoms with Gasteiger partial charge in [-0.15, -0.1) is 0 Å². The Morgan fingerprint density at radius 1 is 1.13 bits per heavy atom. The number of halogens is 1. The molecule has 1 aliphatic heterocycles. The Morgan fingerprint density at radius 3 is 2.53 bits per heavy atom. The standard InChI is InChI=1S/C22H27ClN4O3/c1-30-15-20-14-27(11-10-24-20)21(28)12-16-4-8-19(9-5-16)26-22(29)25-13-17-2-6-18(23)7-3-17/h2-9,20,24H,10-15H2,1H3,(H2,25,26,29). The summed E-state index contributed by atoms with van der Waals surface area (Å²) in [6, 6.07) is 14.5. The molecule has 1 aliphatic rings. The fourth-order valence-electron chi connectivity index (χ4n) is 3.32. The molecule has 2 aromatic rings. The summed E-state index contributed by atoms with van der Waals surface area (Å²) in [6.45, 7) is 3.12. The zero-order valence-electron chi connectivity index (χ0n) is 17.0. The number of anilines is 1. The van der Waals surface area contributed by atoms with Gasteiger partial charge in [0.2, 0.25) is 5.91 Å². The van der Waals surface area contributed by atoms with Crippen molar-refractivity contribution in [2.24, 2.45) is 0 Å². The number of urea groups is 1. The second-order valence-electron chi connectivity index (χ2n) is 7.25. The number of nitrogens with one attached hydrogen (secondary N) is 3. The molecule has 0 spiro atoms. The molecule has 3 amide bonds. The van der Waals surface area contributed by atoms with Crippen molar-refractivity contribution in [3.8, 4) is 0 Å². The van der Waals surface area contributed by atoms with Gasteiger partial charge in [-0.1, -0.05) is 35.9 Å². The lowest BCUT2D eigenvalue weighted by molar-refractivity contribution is -0.131. The Morgan fingerprint density at radius 2 is 1.83 bits per heavy atom. The molecule has 0 radical (unpaired) electrons. The predicted molar refractivity (Wildman–Crippen MR) is 118 cm³/mol. The lowest BCUT2D eigenvalue weighted by atomic mass is 10.1. The number of carbonyl (C=O) groups is 2. The molecule has 7 nitrogen and oxygen atoms in total. The molecular formula is C22H27ClN4O3. The van der Waals surface area contributed by atoms with Crippen molar-refractivity contribution in [2.45, 2.75) is 19.0 Å². The molecule has 3 N–H and O–H groups in total. The quantitative estimate of drug-likeness (QED) is 0.630. The molecule has 1 atom stereocenters. The Hall–Kier alpha value is -2.61. The highest BCUT2D eigenvalue weighted by Gasteiger charge is 2.23. The third-order valence-corrected chi connectivity index (χ3v) is 5.16. The minimum absolute atomic E-state index is 0.0963. The van der Waals surface area contributed by atoms with Crippen LogP contribution in [0.2, 0.25) is 5.02 Å². The van der Waals surface area contributed by atoms with E-state index in [1.165, 1.54) is 0 Å². The van der Waals surface area contributed by atoms with E-state index in [0.717, 1.165) is 17.7 Å². The van der Waals surface area contributed by atoms with Crippen LogP contribution in [0.15, 0.2) is 48.5 Å². The van der Waals surface area contributed by atoms with Crippen molar-refractivity contribution in [3.05, 3.63) is 64.7 Å². The molecule has 3 rings (SSSR count). The summed E-state index contributed by atoms with van der Waals surface area (Å²) < 4.78 is 5.17. The molecule has 30 heavy (non-hydrogen) atoms. The van der Waals surface area contributed by atoms with Crippen LogP contribution < -0.4 is 16.0 Å². The van der Waals surface area contributed by atoms with Crippen LogP contribution in [0.3, 0.4) is 0 Å². The van der Waals surface area contributed by atoms with Crippen LogP contribution in [-0.2, 0) is 22.5 Å². The molecule has 2 aromatic carbocycles. The van der Waals surface area contributed by atoms with Crippen LogP contribution in [0.25, 0.3) is 0 Å². The summed E-state index contributed by atoms with van der Waals surface area (Å²) in [6.07, 6.45) is 0.336. The van der Waals surface area contributed by atoms with Crippen LogP contribution in [0.5, 0.6) is 0 Å². The Bertz CT molecular complexity index is 840. The van der Waals surface area contributed by atoms with Gasteiger partial charge in [0, 0.05) is 50.0 Å². The maximum absolute atomic E-state index is 12.6.